The largest absolute Gasteiger partial charge is 0.390 e. The van der Waals surface area contributed by atoms with E-state index in [2.05, 4.69) is 61.8 Å². The van der Waals surface area contributed by atoms with Gasteiger partial charge in [-0.15, -0.1) is 0 Å². The second-order valence-corrected chi connectivity index (χ2v) is 7.94. The predicted octanol–water partition coefficient (Wildman–Crippen LogP) is 3.90. The lowest BCUT2D eigenvalue weighted by Gasteiger charge is -2.22. The third-order valence-electron chi connectivity index (χ3n) is 5.64. The van der Waals surface area contributed by atoms with E-state index in [0.29, 0.717) is 12.8 Å². The van der Waals surface area contributed by atoms with Crippen LogP contribution in [0.5, 0.6) is 0 Å². The summed E-state index contributed by atoms with van der Waals surface area (Å²) in [6, 6.07) is 16.6. The van der Waals surface area contributed by atoms with E-state index in [1.807, 2.05) is 24.3 Å². The Morgan fingerprint density at radius 1 is 0.677 bits per heavy atom. The number of aliphatic hydroxyl groups is 2. The Morgan fingerprint density at radius 3 is 1.42 bits per heavy atom. The zero-order chi connectivity index (χ0) is 22.6. The molecule has 0 aromatic heterocycles. The Labute approximate surface area is 188 Å². The van der Waals surface area contributed by atoms with E-state index in [0.717, 1.165) is 37.3 Å². The highest BCUT2D eigenvalue weighted by molar-refractivity contribution is 5.49. The van der Waals surface area contributed by atoms with E-state index in [-0.39, 0.29) is 13.2 Å². The van der Waals surface area contributed by atoms with Gasteiger partial charge in [-0.1, -0.05) is 24.3 Å². The van der Waals surface area contributed by atoms with Crippen LogP contribution in [-0.2, 0) is 17.6 Å². The molecule has 5 nitrogen and oxygen atoms in total. The predicted molar refractivity (Wildman–Crippen MR) is 130 cm³/mol. The normalized spacial score (nSPS) is 13.1. The van der Waals surface area contributed by atoms with Crippen molar-refractivity contribution in [2.45, 2.75) is 52.7 Å². The number of ether oxygens (including phenoxy) is 1. The topological polar surface area (TPSA) is 56.2 Å². The van der Waals surface area contributed by atoms with Gasteiger partial charge in [-0.3, -0.25) is 0 Å². The number of hydrogen-bond donors (Lipinski definition) is 2. The molecule has 31 heavy (non-hydrogen) atoms. The van der Waals surface area contributed by atoms with Crippen molar-refractivity contribution in [1.29, 1.82) is 0 Å². The summed E-state index contributed by atoms with van der Waals surface area (Å²) in [5.41, 5.74) is 4.54. The molecule has 0 spiro atoms. The molecule has 2 aromatic rings. The molecular formula is C26H40N2O3. The summed E-state index contributed by atoms with van der Waals surface area (Å²) in [5.74, 6) is 0. The van der Waals surface area contributed by atoms with Crippen LogP contribution in [0.3, 0.4) is 0 Å². The van der Waals surface area contributed by atoms with Crippen LogP contribution in [0.4, 0.5) is 11.4 Å². The molecule has 2 aromatic carbocycles. The van der Waals surface area contributed by atoms with Crippen molar-refractivity contribution in [1.82, 2.24) is 0 Å². The van der Waals surface area contributed by atoms with E-state index in [9.17, 15) is 10.2 Å². The van der Waals surface area contributed by atoms with Crippen LogP contribution in [-0.4, -0.2) is 61.8 Å². The van der Waals surface area contributed by atoms with Crippen molar-refractivity contribution in [3.05, 3.63) is 59.7 Å². The molecule has 0 bridgehead atoms. The van der Waals surface area contributed by atoms with Crippen LogP contribution in [0.15, 0.2) is 48.5 Å². The summed E-state index contributed by atoms with van der Waals surface area (Å²) in [5, 5.41) is 20.8. The van der Waals surface area contributed by atoms with Gasteiger partial charge in [0.15, 0.2) is 0 Å². The first-order valence-electron chi connectivity index (χ1n) is 11.6. The molecule has 2 unspecified atom stereocenters. The molecule has 0 saturated heterocycles. The second-order valence-electron chi connectivity index (χ2n) is 7.94. The Morgan fingerprint density at radius 2 is 1.06 bits per heavy atom. The monoisotopic (exact) mass is 428 g/mol. The van der Waals surface area contributed by atoms with Crippen LogP contribution >= 0.6 is 0 Å². The Hall–Kier alpha value is -2.08. The molecule has 2 N–H and O–H groups in total. The number of benzene rings is 2. The van der Waals surface area contributed by atoms with Crippen LogP contribution in [0.25, 0.3) is 0 Å². The summed E-state index contributed by atoms with van der Waals surface area (Å²) < 4.78 is 5.62. The van der Waals surface area contributed by atoms with Crippen LogP contribution in [0.2, 0.25) is 0 Å². The first-order chi connectivity index (χ1) is 15.0. The van der Waals surface area contributed by atoms with Crippen molar-refractivity contribution in [2.75, 3.05) is 49.2 Å². The van der Waals surface area contributed by atoms with Crippen LogP contribution < -0.4 is 9.80 Å². The third-order valence-corrected chi connectivity index (χ3v) is 5.64. The van der Waals surface area contributed by atoms with Crippen LogP contribution in [0.1, 0.15) is 38.8 Å². The lowest BCUT2D eigenvalue weighted by Crippen LogP contribution is -2.25. The van der Waals surface area contributed by atoms with Crippen molar-refractivity contribution < 1.29 is 14.9 Å². The van der Waals surface area contributed by atoms with E-state index in [4.69, 9.17) is 4.74 Å². The van der Waals surface area contributed by atoms with E-state index >= 15 is 0 Å². The number of rotatable bonds is 14. The number of aliphatic hydroxyl groups excluding tert-OH is 2. The highest BCUT2D eigenvalue weighted by atomic mass is 16.5. The number of nitrogens with zero attached hydrogens (tertiary/aromatic N) is 2. The molecule has 0 radical (unpaired) electrons. The van der Waals surface area contributed by atoms with Gasteiger partial charge in [0.2, 0.25) is 0 Å². The Kier molecular flexibility index (Phi) is 10.9. The summed E-state index contributed by atoms with van der Waals surface area (Å²) in [7, 11) is 0. The lowest BCUT2D eigenvalue weighted by atomic mass is 10.1. The zero-order valence-electron chi connectivity index (χ0n) is 19.6. The van der Waals surface area contributed by atoms with Gasteiger partial charge >= 0.3 is 0 Å². The highest BCUT2D eigenvalue weighted by Gasteiger charge is 2.12. The SMILES string of the molecule is CCN(CC)c1cccc(CC(O)COCC(O)Cc2cccc(N(CC)CC)c2)c1. The van der Waals surface area contributed by atoms with Crippen molar-refractivity contribution in [3.63, 3.8) is 0 Å². The lowest BCUT2D eigenvalue weighted by molar-refractivity contribution is -0.00669. The van der Waals surface area contributed by atoms with Gasteiger partial charge in [-0.25, -0.2) is 0 Å². The Bertz CT molecular complexity index is 696. The van der Waals surface area contributed by atoms with Gasteiger partial charge in [0.25, 0.3) is 0 Å². The number of hydrogen-bond acceptors (Lipinski definition) is 5. The minimum Gasteiger partial charge on any atom is -0.390 e. The van der Waals surface area contributed by atoms with Gasteiger partial charge in [0.05, 0.1) is 25.4 Å². The van der Waals surface area contributed by atoms with Crippen molar-refractivity contribution in [3.8, 4) is 0 Å². The molecule has 0 amide bonds. The zero-order valence-corrected chi connectivity index (χ0v) is 19.6. The van der Waals surface area contributed by atoms with Crippen molar-refractivity contribution >= 4 is 11.4 Å². The smallest absolute Gasteiger partial charge is 0.0813 e. The molecule has 172 valence electrons. The molecule has 0 heterocycles. The van der Waals surface area contributed by atoms with Gasteiger partial charge in [0, 0.05) is 50.4 Å². The maximum Gasteiger partial charge on any atom is 0.0813 e. The van der Waals surface area contributed by atoms with Gasteiger partial charge in [0.1, 0.15) is 0 Å². The van der Waals surface area contributed by atoms with Crippen LogP contribution in [0, 0.1) is 0 Å². The fourth-order valence-electron chi connectivity index (χ4n) is 3.94. The highest BCUT2D eigenvalue weighted by Crippen LogP contribution is 2.18. The second kappa shape index (κ2) is 13.4. The number of anilines is 2. The maximum absolute atomic E-state index is 10.4. The summed E-state index contributed by atoms with van der Waals surface area (Å²) in [6.07, 6.45) is -0.107. The summed E-state index contributed by atoms with van der Waals surface area (Å²) in [4.78, 5) is 4.58. The molecular weight excluding hydrogens is 388 g/mol. The molecule has 2 atom stereocenters. The first-order valence-corrected chi connectivity index (χ1v) is 11.6. The van der Waals surface area contributed by atoms with E-state index in [1.165, 1.54) is 11.4 Å². The quantitative estimate of drug-likeness (QED) is 0.478. The fourth-order valence-corrected chi connectivity index (χ4v) is 3.94. The summed E-state index contributed by atoms with van der Waals surface area (Å²) in [6.45, 7) is 12.8. The maximum atomic E-state index is 10.4. The van der Waals surface area contributed by atoms with Gasteiger partial charge in [-0.2, -0.15) is 0 Å². The molecule has 0 aliphatic carbocycles. The van der Waals surface area contributed by atoms with Gasteiger partial charge < -0.3 is 24.7 Å². The summed E-state index contributed by atoms with van der Waals surface area (Å²) >= 11 is 0. The molecule has 0 saturated carbocycles. The average Bonchev–Trinajstić information content (AvgIpc) is 2.76. The first kappa shape index (κ1) is 25.2. The fraction of sp³-hybridized carbons (Fsp3) is 0.538. The molecule has 2 rings (SSSR count). The Balaban J connectivity index is 1.79. The van der Waals surface area contributed by atoms with E-state index in [1.54, 1.807) is 0 Å². The van der Waals surface area contributed by atoms with E-state index < -0.39 is 12.2 Å². The van der Waals surface area contributed by atoms with Crippen molar-refractivity contribution in [2.24, 2.45) is 0 Å². The molecule has 0 aliphatic rings. The molecule has 0 fully saturated rings. The third kappa shape index (κ3) is 8.17. The minimum atomic E-state index is -0.592. The minimum absolute atomic E-state index is 0.214. The van der Waals surface area contributed by atoms with Gasteiger partial charge in [-0.05, 0) is 63.1 Å². The molecule has 0 aliphatic heterocycles. The molecule has 5 heteroatoms. The standard InChI is InChI=1S/C26H40N2O3/c1-5-27(6-2)23-13-9-11-21(15-23)17-25(29)19-31-20-26(30)18-22-12-10-14-24(16-22)28(7-3)8-4/h9-16,25-26,29-30H,5-8,17-20H2,1-4H3. The average molecular weight is 429 g/mol.